The number of nitrogens with two attached hydrogens (primary N) is 1. The number of aryl methyl sites for hydroxylation is 1. The van der Waals surface area contributed by atoms with Crippen molar-refractivity contribution in [3.8, 4) is 0 Å². The predicted molar refractivity (Wildman–Crippen MR) is 112 cm³/mol. The maximum absolute atomic E-state index is 12.8. The average molecular weight is 398 g/mol. The van der Waals surface area contributed by atoms with E-state index in [1.807, 2.05) is 25.1 Å². The van der Waals surface area contributed by atoms with Crippen LogP contribution in [-0.4, -0.2) is 24.4 Å². The van der Waals surface area contributed by atoms with E-state index < -0.39 is 0 Å². The third-order valence-electron chi connectivity index (χ3n) is 5.77. The molecule has 2 aliphatic rings. The van der Waals surface area contributed by atoms with Gasteiger partial charge in [-0.25, -0.2) is 4.90 Å². The first-order valence-electron chi connectivity index (χ1n) is 9.72. The molecule has 28 heavy (non-hydrogen) atoms. The highest BCUT2D eigenvalue weighted by Gasteiger charge is 2.37. The SMILES string of the molecule is Cc1cc(NCC2CCC(N)CC2)ccc1N1C(=O)c2ccc(Cl)cc2C1=O. The van der Waals surface area contributed by atoms with E-state index in [0.717, 1.165) is 43.5 Å². The molecule has 3 N–H and O–H groups in total. The molecule has 0 spiro atoms. The monoisotopic (exact) mass is 397 g/mol. The fourth-order valence-electron chi connectivity index (χ4n) is 4.10. The van der Waals surface area contributed by atoms with Crippen LogP contribution in [0, 0.1) is 12.8 Å². The Morgan fingerprint density at radius 1 is 1.04 bits per heavy atom. The van der Waals surface area contributed by atoms with Crippen molar-refractivity contribution >= 4 is 34.8 Å². The van der Waals surface area contributed by atoms with Gasteiger partial charge < -0.3 is 11.1 Å². The maximum atomic E-state index is 12.8. The summed E-state index contributed by atoms with van der Waals surface area (Å²) in [6.45, 7) is 2.83. The van der Waals surface area contributed by atoms with Gasteiger partial charge in [0, 0.05) is 23.3 Å². The van der Waals surface area contributed by atoms with Gasteiger partial charge in [0.15, 0.2) is 0 Å². The lowest BCUT2D eigenvalue weighted by molar-refractivity contribution is 0.0926. The highest BCUT2D eigenvalue weighted by molar-refractivity contribution is 6.36. The predicted octanol–water partition coefficient (Wildman–Crippen LogP) is 4.38. The van der Waals surface area contributed by atoms with Crippen LogP contribution < -0.4 is 16.0 Å². The molecule has 0 atom stereocenters. The third kappa shape index (κ3) is 3.52. The molecule has 5 nitrogen and oxygen atoms in total. The molecule has 0 aromatic heterocycles. The summed E-state index contributed by atoms with van der Waals surface area (Å²) >= 11 is 5.99. The van der Waals surface area contributed by atoms with Gasteiger partial charge in [-0.05, 0) is 80.5 Å². The van der Waals surface area contributed by atoms with Crippen molar-refractivity contribution in [2.45, 2.75) is 38.6 Å². The third-order valence-corrected chi connectivity index (χ3v) is 6.01. The molecule has 0 unspecified atom stereocenters. The standard InChI is InChI=1S/C22H24ClN3O2/c1-13-10-17(25-12-14-2-5-16(24)6-3-14)7-9-20(13)26-21(27)18-8-4-15(23)11-19(18)22(26)28/h4,7-11,14,16,25H,2-3,5-6,12,24H2,1H3. The number of fused-ring (bicyclic) bond motifs is 1. The van der Waals surface area contributed by atoms with Gasteiger partial charge in [-0.1, -0.05) is 11.6 Å². The summed E-state index contributed by atoms with van der Waals surface area (Å²) in [6.07, 6.45) is 4.49. The first kappa shape index (κ1) is 19.0. The molecule has 1 heterocycles. The topological polar surface area (TPSA) is 75.4 Å². The van der Waals surface area contributed by atoms with Gasteiger partial charge in [0.2, 0.25) is 0 Å². The van der Waals surface area contributed by atoms with Crippen molar-refractivity contribution < 1.29 is 9.59 Å². The number of hydrogen-bond acceptors (Lipinski definition) is 4. The molecule has 2 aromatic rings. The molecule has 6 heteroatoms. The minimum atomic E-state index is -0.329. The van der Waals surface area contributed by atoms with Gasteiger partial charge in [-0.3, -0.25) is 9.59 Å². The van der Waals surface area contributed by atoms with E-state index in [-0.39, 0.29) is 11.8 Å². The van der Waals surface area contributed by atoms with Crippen molar-refractivity contribution in [1.82, 2.24) is 0 Å². The zero-order valence-corrected chi connectivity index (χ0v) is 16.6. The molecule has 0 radical (unpaired) electrons. The van der Waals surface area contributed by atoms with Gasteiger partial charge >= 0.3 is 0 Å². The summed E-state index contributed by atoms with van der Waals surface area (Å²) in [5, 5.41) is 3.93. The van der Waals surface area contributed by atoms with Crippen LogP contribution in [0.25, 0.3) is 0 Å². The molecule has 146 valence electrons. The second kappa shape index (κ2) is 7.57. The van der Waals surface area contributed by atoms with E-state index in [2.05, 4.69) is 5.32 Å². The number of benzene rings is 2. The number of anilines is 2. The Kier molecular flexibility index (Phi) is 5.13. The van der Waals surface area contributed by atoms with Crippen molar-refractivity contribution in [3.63, 3.8) is 0 Å². The number of nitrogens with zero attached hydrogens (tertiary/aromatic N) is 1. The van der Waals surface area contributed by atoms with Crippen LogP contribution in [0.1, 0.15) is 52.0 Å². The smallest absolute Gasteiger partial charge is 0.266 e. The van der Waals surface area contributed by atoms with Crippen LogP contribution in [0.3, 0.4) is 0 Å². The zero-order valence-electron chi connectivity index (χ0n) is 15.9. The van der Waals surface area contributed by atoms with Crippen LogP contribution in [0.2, 0.25) is 5.02 Å². The van der Waals surface area contributed by atoms with Gasteiger partial charge in [0.25, 0.3) is 11.8 Å². The Bertz CT molecular complexity index is 935. The van der Waals surface area contributed by atoms with Crippen molar-refractivity contribution in [1.29, 1.82) is 0 Å². The maximum Gasteiger partial charge on any atom is 0.266 e. The van der Waals surface area contributed by atoms with Gasteiger partial charge in [0.1, 0.15) is 0 Å². The molecule has 0 saturated heterocycles. The Balaban J connectivity index is 1.49. The zero-order chi connectivity index (χ0) is 19.8. The molecule has 1 aliphatic heterocycles. The van der Waals surface area contributed by atoms with E-state index in [1.54, 1.807) is 18.2 Å². The number of hydrogen-bond donors (Lipinski definition) is 2. The normalized spacial score (nSPS) is 21.8. The Labute approximate surface area is 169 Å². The van der Waals surface area contributed by atoms with E-state index in [4.69, 9.17) is 17.3 Å². The van der Waals surface area contributed by atoms with E-state index >= 15 is 0 Å². The van der Waals surface area contributed by atoms with Crippen LogP contribution in [0.15, 0.2) is 36.4 Å². The molecule has 1 fully saturated rings. The highest BCUT2D eigenvalue weighted by atomic mass is 35.5. The summed E-state index contributed by atoms with van der Waals surface area (Å²) < 4.78 is 0. The first-order chi connectivity index (χ1) is 13.4. The van der Waals surface area contributed by atoms with E-state index in [9.17, 15) is 9.59 Å². The number of carbonyl (C=O) groups is 2. The number of halogens is 1. The summed E-state index contributed by atoms with van der Waals surface area (Å²) in [4.78, 5) is 26.8. The Morgan fingerprint density at radius 3 is 2.46 bits per heavy atom. The lowest BCUT2D eigenvalue weighted by Crippen LogP contribution is -2.30. The molecular formula is C22H24ClN3O2. The van der Waals surface area contributed by atoms with Crippen molar-refractivity contribution in [3.05, 3.63) is 58.1 Å². The number of carbonyl (C=O) groups excluding carboxylic acids is 2. The second-order valence-electron chi connectivity index (χ2n) is 7.80. The van der Waals surface area contributed by atoms with Gasteiger partial charge in [-0.15, -0.1) is 0 Å². The molecule has 4 rings (SSSR count). The van der Waals surface area contributed by atoms with Crippen molar-refractivity contribution in [2.24, 2.45) is 11.7 Å². The molecule has 0 bridgehead atoms. The quantitative estimate of drug-likeness (QED) is 0.751. The number of nitrogens with one attached hydrogen (secondary N) is 1. The molecular weight excluding hydrogens is 374 g/mol. The summed E-state index contributed by atoms with van der Waals surface area (Å²) in [6, 6.07) is 10.9. The molecule has 2 aromatic carbocycles. The van der Waals surface area contributed by atoms with E-state index in [0.29, 0.717) is 33.8 Å². The second-order valence-corrected chi connectivity index (χ2v) is 8.24. The summed E-state index contributed by atoms with van der Waals surface area (Å²) in [5.74, 6) is 0.00430. The van der Waals surface area contributed by atoms with Gasteiger partial charge in [-0.2, -0.15) is 0 Å². The Morgan fingerprint density at radius 2 is 1.75 bits per heavy atom. The largest absolute Gasteiger partial charge is 0.385 e. The first-order valence-corrected chi connectivity index (χ1v) is 10.1. The average Bonchev–Trinajstić information content (AvgIpc) is 2.92. The fraction of sp³-hybridized carbons (Fsp3) is 0.364. The van der Waals surface area contributed by atoms with Crippen molar-refractivity contribution in [2.75, 3.05) is 16.8 Å². The lowest BCUT2D eigenvalue weighted by atomic mass is 9.86. The van der Waals surface area contributed by atoms with Crippen LogP contribution in [0.4, 0.5) is 11.4 Å². The molecule has 1 aliphatic carbocycles. The molecule has 1 saturated carbocycles. The molecule has 2 amide bonds. The van der Waals surface area contributed by atoms with Crippen LogP contribution in [-0.2, 0) is 0 Å². The summed E-state index contributed by atoms with van der Waals surface area (Å²) in [5.41, 5.74) is 9.20. The summed E-state index contributed by atoms with van der Waals surface area (Å²) in [7, 11) is 0. The fourth-order valence-corrected chi connectivity index (χ4v) is 4.27. The number of rotatable bonds is 4. The minimum Gasteiger partial charge on any atom is -0.385 e. The minimum absolute atomic E-state index is 0.306. The number of imide groups is 1. The van der Waals surface area contributed by atoms with Gasteiger partial charge in [0.05, 0.1) is 16.8 Å². The van der Waals surface area contributed by atoms with Crippen LogP contribution in [0.5, 0.6) is 0 Å². The highest BCUT2D eigenvalue weighted by Crippen LogP contribution is 2.33. The lowest BCUT2D eigenvalue weighted by Gasteiger charge is -2.26. The number of amides is 2. The van der Waals surface area contributed by atoms with E-state index in [1.165, 1.54) is 4.90 Å². The van der Waals surface area contributed by atoms with Crippen LogP contribution >= 0.6 is 11.6 Å². The Hall–Kier alpha value is -2.37.